The fourth-order valence-electron chi connectivity index (χ4n) is 3.61. The van der Waals surface area contributed by atoms with Gasteiger partial charge in [0.25, 0.3) is 0 Å². The molecule has 0 bridgehead atoms. The van der Waals surface area contributed by atoms with Crippen LogP contribution in [0.4, 0.5) is 0 Å². The molecule has 1 fully saturated rings. The zero-order valence-electron chi connectivity index (χ0n) is 17.5. The van der Waals surface area contributed by atoms with Crippen LogP contribution in [0.5, 0.6) is 5.75 Å². The molecule has 6 heteroatoms. The average molecular weight is 405 g/mol. The van der Waals surface area contributed by atoms with Crippen LogP contribution < -0.4 is 10.1 Å². The molecule has 1 N–H and O–H groups in total. The summed E-state index contributed by atoms with van der Waals surface area (Å²) in [5.74, 6) is 3.23. The van der Waals surface area contributed by atoms with Gasteiger partial charge in [0, 0.05) is 38.5 Å². The second-order valence-electron chi connectivity index (χ2n) is 7.50. The molecule has 3 aromatic rings. The van der Waals surface area contributed by atoms with E-state index in [0.717, 1.165) is 49.0 Å². The summed E-state index contributed by atoms with van der Waals surface area (Å²) in [5, 5.41) is 3.37. The molecule has 0 saturated carbocycles. The molecule has 1 aliphatic heterocycles. The molecule has 0 spiro atoms. The van der Waals surface area contributed by atoms with Gasteiger partial charge in [0.05, 0.1) is 12.7 Å². The SMILES string of the molecule is CN=C(NCc1ncc(-c2ccc(C)cc2)o1)N1CCC(Oc2ccccc2)CC1. The monoisotopic (exact) mass is 404 g/mol. The zero-order chi connectivity index (χ0) is 20.8. The van der Waals surface area contributed by atoms with Crippen molar-refractivity contribution in [3.8, 4) is 17.1 Å². The van der Waals surface area contributed by atoms with Crippen LogP contribution in [-0.2, 0) is 6.54 Å². The van der Waals surface area contributed by atoms with Crippen LogP contribution in [0.25, 0.3) is 11.3 Å². The Morgan fingerprint density at radius 2 is 1.87 bits per heavy atom. The van der Waals surface area contributed by atoms with Gasteiger partial charge in [0.1, 0.15) is 11.9 Å². The lowest BCUT2D eigenvalue weighted by molar-refractivity contribution is 0.129. The number of piperidine rings is 1. The molecular weight excluding hydrogens is 376 g/mol. The second kappa shape index (κ2) is 9.48. The fourth-order valence-corrected chi connectivity index (χ4v) is 3.61. The van der Waals surface area contributed by atoms with Crippen LogP contribution in [0.15, 0.2) is 70.2 Å². The molecule has 4 rings (SSSR count). The molecule has 1 saturated heterocycles. The number of aromatic nitrogens is 1. The van der Waals surface area contributed by atoms with E-state index in [1.54, 1.807) is 6.20 Å². The van der Waals surface area contributed by atoms with Crippen LogP contribution in [0.3, 0.4) is 0 Å². The standard InChI is InChI=1S/C24H28N4O2/c1-18-8-10-19(11-9-18)22-16-26-23(30-22)17-27-24(25-2)28-14-12-21(13-15-28)29-20-6-4-3-5-7-20/h3-11,16,21H,12-15,17H2,1-2H3,(H,25,27). The predicted molar refractivity (Wildman–Crippen MR) is 119 cm³/mol. The minimum absolute atomic E-state index is 0.241. The number of aliphatic imine (C=N–C) groups is 1. The molecular formula is C24H28N4O2. The Labute approximate surface area is 177 Å². The van der Waals surface area contributed by atoms with Crippen molar-refractivity contribution in [1.29, 1.82) is 0 Å². The second-order valence-corrected chi connectivity index (χ2v) is 7.50. The third-order valence-electron chi connectivity index (χ3n) is 5.29. The zero-order valence-corrected chi connectivity index (χ0v) is 17.5. The summed E-state index contributed by atoms with van der Waals surface area (Å²) in [6.07, 6.45) is 3.94. The van der Waals surface area contributed by atoms with Crippen molar-refractivity contribution in [1.82, 2.24) is 15.2 Å². The van der Waals surface area contributed by atoms with Crippen LogP contribution in [0.1, 0.15) is 24.3 Å². The number of nitrogens with zero attached hydrogens (tertiary/aromatic N) is 3. The Bertz CT molecular complexity index is 958. The van der Waals surface area contributed by atoms with Gasteiger partial charge < -0.3 is 19.4 Å². The lowest BCUT2D eigenvalue weighted by Gasteiger charge is -2.34. The van der Waals surface area contributed by atoms with Gasteiger partial charge in [0.2, 0.25) is 5.89 Å². The maximum absolute atomic E-state index is 6.09. The maximum atomic E-state index is 6.09. The first-order chi connectivity index (χ1) is 14.7. The topological polar surface area (TPSA) is 62.9 Å². The summed E-state index contributed by atoms with van der Waals surface area (Å²) < 4.78 is 12.0. The summed E-state index contributed by atoms with van der Waals surface area (Å²) in [6.45, 7) is 4.37. The van der Waals surface area contributed by atoms with Crippen LogP contribution in [-0.4, -0.2) is 42.1 Å². The molecule has 0 aliphatic carbocycles. The Morgan fingerprint density at radius 1 is 1.13 bits per heavy atom. The highest BCUT2D eigenvalue weighted by Crippen LogP contribution is 2.21. The van der Waals surface area contributed by atoms with Crippen molar-refractivity contribution in [3.05, 3.63) is 72.2 Å². The molecule has 0 radical (unpaired) electrons. The summed E-state index contributed by atoms with van der Waals surface area (Å²) >= 11 is 0. The minimum atomic E-state index is 0.241. The van der Waals surface area contributed by atoms with Gasteiger partial charge in [-0.05, 0) is 19.1 Å². The van der Waals surface area contributed by atoms with Crippen molar-refractivity contribution in [2.75, 3.05) is 20.1 Å². The Balaban J connectivity index is 1.28. The van der Waals surface area contributed by atoms with Gasteiger partial charge in [-0.1, -0.05) is 48.0 Å². The fraction of sp³-hybridized carbons (Fsp3) is 0.333. The number of likely N-dealkylation sites (tertiary alicyclic amines) is 1. The number of hydrogen-bond acceptors (Lipinski definition) is 4. The van der Waals surface area contributed by atoms with Crippen molar-refractivity contribution >= 4 is 5.96 Å². The van der Waals surface area contributed by atoms with E-state index in [2.05, 4.69) is 39.2 Å². The van der Waals surface area contributed by atoms with Gasteiger partial charge in [-0.25, -0.2) is 4.98 Å². The van der Waals surface area contributed by atoms with E-state index >= 15 is 0 Å². The lowest BCUT2D eigenvalue weighted by atomic mass is 10.1. The summed E-state index contributed by atoms with van der Waals surface area (Å²) in [6, 6.07) is 18.3. The molecule has 2 heterocycles. The first kappa shape index (κ1) is 20.0. The molecule has 6 nitrogen and oxygen atoms in total. The van der Waals surface area contributed by atoms with E-state index in [4.69, 9.17) is 9.15 Å². The van der Waals surface area contributed by atoms with Crippen LogP contribution >= 0.6 is 0 Å². The number of para-hydroxylation sites is 1. The van der Waals surface area contributed by atoms with E-state index in [0.29, 0.717) is 12.4 Å². The van der Waals surface area contributed by atoms with E-state index < -0.39 is 0 Å². The number of guanidine groups is 1. The minimum Gasteiger partial charge on any atom is -0.490 e. The highest BCUT2D eigenvalue weighted by molar-refractivity contribution is 5.79. The Morgan fingerprint density at radius 3 is 2.57 bits per heavy atom. The molecule has 0 amide bonds. The Kier molecular flexibility index (Phi) is 6.32. The first-order valence-electron chi connectivity index (χ1n) is 10.4. The van der Waals surface area contributed by atoms with E-state index in [9.17, 15) is 0 Å². The number of hydrogen-bond donors (Lipinski definition) is 1. The molecule has 0 unspecified atom stereocenters. The van der Waals surface area contributed by atoms with Crippen molar-refractivity contribution in [3.63, 3.8) is 0 Å². The number of ether oxygens (including phenoxy) is 1. The van der Waals surface area contributed by atoms with Gasteiger partial charge in [-0.2, -0.15) is 0 Å². The molecule has 0 atom stereocenters. The lowest BCUT2D eigenvalue weighted by Crippen LogP contribution is -2.47. The maximum Gasteiger partial charge on any atom is 0.214 e. The van der Waals surface area contributed by atoms with Crippen molar-refractivity contribution < 1.29 is 9.15 Å². The quantitative estimate of drug-likeness (QED) is 0.508. The van der Waals surface area contributed by atoms with Crippen LogP contribution in [0, 0.1) is 6.92 Å². The predicted octanol–water partition coefficient (Wildman–Crippen LogP) is 4.27. The van der Waals surface area contributed by atoms with Crippen molar-refractivity contribution in [2.24, 2.45) is 4.99 Å². The third kappa shape index (κ3) is 5.00. The van der Waals surface area contributed by atoms with Gasteiger partial charge in [-0.3, -0.25) is 4.99 Å². The average Bonchev–Trinajstić information content (AvgIpc) is 3.25. The van der Waals surface area contributed by atoms with E-state index in [1.807, 2.05) is 49.5 Å². The summed E-state index contributed by atoms with van der Waals surface area (Å²) in [7, 11) is 1.81. The molecule has 2 aromatic carbocycles. The van der Waals surface area contributed by atoms with E-state index in [1.165, 1.54) is 5.56 Å². The highest BCUT2D eigenvalue weighted by Gasteiger charge is 2.23. The highest BCUT2D eigenvalue weighted by atomic mass is 16.5. The Hall–Kier alpha value is -3.28. The molecule has 1 aromatic heterocycles. The van der Waals surface area contributed by atoms with Crippen molar-refractivity contribution in [2.45, 2.75) is 32.4 Å². The number of benzene rings is 2. The number of aryl methyl sites for hydroxylation is 1. The van der Waals surface area contributed by atoms with Crippen LogP contribution in [0.2, 0.25) is 0 Å². The van der Waals surface area contributed by atoms with E-state index in [-0.39, 0.29) is 6.10 Å². The molecule has 30 heavy (non-hydrogen) atoms. The number of oxazole rings is 1. The van der Waals surface area contributed by atoms with Gasteiger partial charge >= 0.3 is 0 Å². The number of rotatable bonds is 5. The third-order valence-corrected chi connectivity index (χ3v) is 5.29. The number of nitrogens with one attached hydrogen (secondary N) is 1. The largest absolute Gasteiger partial charge is 0.490 e. The molecule has 1 aliphatic rings. The molecule has 156 valence electrons. The first-order valence-corrected chi connectivity index (χ1v) is 10.4. The summed E-state index contributed by atoms with van der Waals surface area (Å²) in [4.78, 5) is 11.1. The summed E-state index contributed by atoms with van der Waals surface area (Å²) in [5.41, 5.74) is 2.26. The van der Waals surface area contributed by atoms with Gasteiger partial charge in [0.15, 0.2) is 11.7 Å². The van der Waals surface area contributed by atoms with Gasteiger partial charge in [-0.15, -0.1) is 0 Å². The smallest absolute Gasteiger partial charge is 0.214 e. The normalized spacial score (nSPS) is 15.3.